The van der Waals surface area contributed by atoms with E-state index in [0.717, 1.165) is 11.1 Å². The molecule has 3 aromatic carbocycles. The van der Waals surface area contributed by atoms with Gasteiger partial charge in [-0.3, -0.25) is 4.79 Å². The number of carbonyl (C=O) groups is 2. The van der Waals surface area contributed by atoms with Crippen molar-refractivity contribution in [3.05, 3.63) is 88.2 Å². The lowest BCUT2D eigenvalue weighted by Crippen LogP contribution is -2.09. The molecular formula is C25H18O6. The second kappa shape index (κ2) is 7.32. The minimum Gasteiger partial charge on any atom is -0.454 e. The summed E-state index contributed by atoms with van der Waals surface area (Å²) >= 11 is 0. The molecular weight excluding hydrogens is 396 g/mol. The average Bonchev–Trinajstić information content (AvgIpc) is 3.32. The molecule has 6 heteroatoms. The number of benzene rings is 3. The van der Waals surface area contributed by atoms with Crippen LogP contribution in [0.5, 0.6) is 23.0 Å². The van der Waals surface area contributed by atoms with E-state index in [1.165, 1.54) is 0 Å². The largest absolute Gasteiger partial charge is 0.454 e. The Kier molecular flexibility index (Phi) is 4.47. The van der Waals surface area contributed by atoms with Crippen molar-refractivity contribution in [3.8, 4) is 23.0 Å². The number of hydrogen-bond acceptors (Lipinski definition) is 6. The maximum absolute atomic E-state index is 12.9. The highest BCUT2D eigenvalue weighted by molar-refractivity contribution is 6.15. The monoisotopic (exact) mass is 414 g/mol. The Balaban J connectivity index is 1.41. The van der Waals surface area contributed by atoms with Crippen LogP contribution in [-0.2, 0) is 0 Å². The Morgan fingerprint density at radius 2 is 1.81 bits per heavy atom. The molecule has 0 aromatic heterocycles. The Labute approximate surface area is 178 Å². The fraction of sp³-hybridized carbons (Fsp3) is 0.120. The van der Waals surface area contributed by atoms with Crippen LogP contribution in [-0.4, -0.2) is 18.5 Å². The van der Waals surface area contributed by atoms with Crippen LogP contribution in [0, 0.1) is 13.8 Å². The van der Waals surface area contributed by atoms with Gasteiger partial charge in [0, 0.05) is 6.07 Å². The lowest BCUT2D eigenvalue weighted by Gasteiger charge is -2.08. The molecule has 2 heterocycles. The van der Waals surface area contributed by atoms with E-state index < -0.39 is 5.97 Å². The van der Waals surface area contributed by atoms with E-state index in [2.05, 4.69) is 0 Å². The van der Waals surface area contributed by atoms with Crippen LogP contribution in [0.4, 0.5) is 0 Å². The Bertz CT molecular complexity index is 1270. The average molecular weight is 414 g/mol. The Hall–Kier alpha value is -4.06. The molecule has 0 spiro atoms. The lowest BCUT2D eigenvalue weighted by atomic mass is 10.0. The van der Waals surface area contributed by atoms with Gasteiger partial charge in [-0.2, -0.15) is 0 Å². The van der Waals surface area contributed by atoms with Gasteiger partial charge >= 0.3 is 5.97 Å². The van der Waals surface area contributed by atoms with Gasteiger partial charge in [0.2, 0.25) is 12.6 Å². The Morgan fingerprint density at radius 3 is 2.65 bits per heavy atom. The summed E-state index contributed by atoms with van der Waals surface area (Å²) in [5.41, 5.74) is 3.31. The molecule has 0 fully saturated rings. The van der Waals surface area contributed by atoms with Gasteiger partial charge in [-0.05, 0) is 61.4 Å². The summed E-state index contributed by atoms with van der Waals surface area (Å²) in [5, 5.41) is 0. The smallest absolute Gasteiger partial charge is 0.343 e. The van der Waals surface area contributed by atoms with Crippen molar-refractivity contribution in [1.82, 2.24) is 0 Å². The normalized spacial score (nSPS) is 15.0. The number of hydrogen-bond donors (Lipinski definition) is 0. The minimum absolute atomic E-state index is 0.180. The second-order valence-electron chi connectivity index (χ2n) is 7.42. The number of carbonyl (C=O) groups excluding carboxylic acids is 2. The molecule has 0 unspecified atom stereocenters. The molecule has 0 atom stereocenters. The van der Waals surface area contributed by atoms with Crippen molar-refractivity contribution in [3.63, 3.8) is 0 Å². The molecule has 0 amide bonds. The predicted octanol–water partition coefficient (Wildman–Crippen LogP) is 4.87. The molecule has 0 saturated carbocycles. The molecule has 2 aliphatic rings. The van der Waals surface area contributed by atoms with E-state index in [1.54, 1.807) is 55.5 Å². The highest BCUT2D eigenvalue weighted by Crippen LogP contribution is 2.39. The first kappa shape index (κ1) is 18.9. The molecule has 31 heavy (non-hydrogen) atoms. The Morgan fingerprint density at radius 1 is 0.968 bits per heavy atom. The number of esters is 1. The second-order valence-corrected chi connectivity index (χ2v) is 7.42. The molecule has 5 rings (SSSR count). The van der Waals surface area contributed by atoms with Crippen molar-refractivity contribution in [2.24, 2.45) is 0 Å². The van der Waals surface area contributed by atoms with Gasteiger partial charge in [0.25, 0.3) is 0 Å². The highest BCUT2D eigenvalue weighted by Gasteiger charge is 2.30. The number of Topliss-reactive ketones (excluding diaryl/α,β-unsaturated/α-hetero) is 1. The van der Waals surface area contributed by atoms with Crippen LogP contribution in [0.15, 0.2) is 60.4 Å². The van der Waals surface area contributed by atoms with Crippen molar-refractivity contribution >= 4 is 17.8 Å². The summed E-state index contributed by atoms with van der Waals surface area (Å²) in [6.45, 7) is 3.87. The summed E-state index contributed by atoms with van der Waals surface area (Å²) in [7, 11) is 0. The van der Waals surface area contributed by atoms with Gasteiger partial charge in [-0.1, -0.05) is 23.8 Å². The molecule has 154 valence electrons. The van der Waals surface area contributed by atoms with Crippen LogP contribution in [0.3, 0.4) is 0 Å². The molecule has 6 nitrogen and oxygen atoms in total. The van der Waals surface area contributed by atoms with Crippen LogP contribution in [0.1, 0.15) is 37.4 Å². The van der Waals surface area contributed by atoms with E-state index in [0.29, 0.717) is 39.7 Å². The highest BCUT2D eigenvalue weighted by atomic mass is 16.7. The topological polar surface area (TPSA) is 71.1 Å². The maximum atomic E-state index is 12.9. The van der Waals surface area contributed by atoms with Crippen molar-refractivity contribution < 1.29 is 28.5 Å². The van der Waals surface area contributed by atoms with Gasteiger partial charge < -0.3 is 18.9 Å². The van der Waals surface area contributed by atoms with Crippen molar-refractivity contribution in [1.29, 1.82) is 0 Å². The standard InChI is InChI=1S/C25H18O6/c1-14-4-3-5-17(8-14)25(27)30-18-9-15(2)23-21(12-18)31-22(24(23)26)11-16-6-7-19-20(10-16)29-13-28-19/h3-12H,13H2,1-2H3/b22-11-. The zero-order valence-electron chi connectivity index (χ0n) is 16.9. The lowest BCUT2D eigenvalue weighted by molar-refractivity contribution is 0.0734. The SMILES string of the molecule is Cc1cccc(C(=O)Oc2cc(C)c3c(c2)O/C(=C\c2ccc4c(c2)OCO4)C3=O)c1. The summed E-state index contributed by atoms with van der Waals surface area (Å²) in [5.74, 6) is 1.48. The van der Waals surface area contributed by atoms with Gasteiger partial charge in [0.15, 0.2) is 17.3 Å². The number of ketones is 1. The first-order valence-electron chi connectivity index (χ1n) is 9.75. The molecule has 0 radical (unpaired) electrons. The number of allylic oxidation sites excluding steroid dienone is 1. The fourth-order valence-corrected chi connectivity index (χ4v) is 3.63. The first-order chi connectivity index (χ1) is 15.0. The van der Waals surface area contributed by atoms with E-state index in [4.69, 9.17) is 18.9 Å². The number of rotatable bonds is 3. The van der Waals surface area contributed by atoms with Crippen LogP contribution in [0.25, 0.3) is 6.08 Å². The molecule has 0 N–H and O–H groups in total. The number of aryl methyl sites for hydroxylation is 2. The van der Waals surface area contributed by atoms with Gasteiger partial charge in [0.05, 0.1) is 11.1 Å². The molecule has 3 aromatic rings. The predicted molar refractivity (Wildman–Crippen MR) is 113 cm³/mol. The first-order valence-corrected chi connectivity index (χ1v) is 9.75. The van der Waals surface area contributed by atoms with E-state index >= 15 is 0 Å². The molecule has 0 saturated heterocycles. The summed E-state index contributed by atoms with van der Waals surface area (Å²) in [4.78, 5) is 25.4. The minimum atomic E-state index is -0.469. The third-order valence-corrected chi connectivity index (χ3v) is 5.10. The van der Waals surface area contributed by atoms with Crippen LogP contribution < -0.4 is 18.9 Å². The molecule has 2 aliphatic heterocycles. The van der Waals surface area contributed by atoms with E-state index in [1.807, 2.05) is 19.1 Å². The maximum Gasteiger partial charge on any atom is 0.343 e. The fourth-order valence-electron chi connectivity index (χ4n) is 3.63. The summed E-state index contributed by atoms with van der Waals surface area (Å²) in [6.07, 6.45) is 1.65. The number of fused-ring (bicyclic) bond motifs is 2. The quantitative estimate of drug-likeness (QED) is 0.346. The van der Waals surface area contributed by atoms with E-state index in [9.17, 15) is 9.59 Å². The zero-order valence-corrected chi connectivity index (χ0v) is 16.9. The van der Waals surface area contributed by atoms with Crippen LogP contribution >= 0.6 is 0 Å². The zero-order chi connectivity index (χ0) is 21.5. The van der Waals surface area contributed by atoms with Gasteiger partial charge in [0.1, 0.15) is 11.5 Å². The molecule has 0 bridgehead atoms. The van der Waals surface area contributed by atoms with Gasteiger partial charge in [-0.15, -0.1) is 0 Å². The van der Waals surface area contributed by atoms with Crippen molar-refractivity contribution in [2.75, 3.05) is 6.79 Å². The summed E-state index contributed by atoms with van der Waals surface area (Å²) in [6, 6.07) is 15.8. The van der Waals surface area contributed by atoms with E-state index in [-0.39, 0.29) is 18.3 Å². The third kappa shape index (κ3) is 3.53. The van der Waals surface area contributed by atoms with Crippen LogP contribution in [0.2, 0.25) is 0 Å². The van der Waals surface area contributed by atoms with Gasteiger partial charge in [-0.25, -0.2) is 4.79 Å². The third-order valence-electron chi connectivity index (χ3n) is 5.10. The molecule has 0 aliphatic carbocycles. The number of ether oxygens (including phenoxy) is 4. The van der Waals surface area contributed by atoms with Crippen molar-refractivity contribution in [2.45, 2.75) is 13.8 Å². The summed E-state index contributed by atoms with van der Waals surface area (Å²) < 4.78 is 22.0.